The van der Waals surface area contributed by atoms with E-state index in [1.807, 2.05) is 54.3 Å². The van der Waals surface area contributed by atoms with Gasteiger partial charge in [-0.1, -0.05) is 18.2 Å². The second-order valence-electron chi connectivity index (χ2n) is 6.85. The third-order valence-corrected chi connectivity index (χ3v) is 5.97. The number of benzene rings is 2. The lowest BCUT2D eigenvalue weighted by atomic mass is 10.0. The highest BCUT2D eigenvalue weighted by Crippen LogP contribution is 2.40. The third-order valence-electron chi connectivity index (χ3n) is 4.98. The van der Waals surface area contributed by atoms with Crippen molar-refractivity contribution in [3.63, 3.8) is 0 Å². The first-order chi connectivity index (χ1) is 14.1. The molecule has 6 heteroatoms. The molecule has 29 heavy (non-hydrogen) atoms. The molecule has 0 atom stereocenters. The van der Waals surface area contributed by atoms with Crippen LogP contribution in [0.3, 0.4) is 0 Å². The van der Waals surface area contributed by atoms with Crippen LogP contribution in [0.15, 0.2) is 48.5 Å². The Morgan fingerprint density at radius 2 is 1.86 bits per heavy atom. The second-order valence-corrected chi connectivity index (χ2v) is 8.14. The zero-order valence-electron chi connectivity index (χ0n) is 16.7. The highest BCUT2D eigenvalue weighted by molar-refractivity contribution is 7.13. The molecule has 4 rings (SSSR count). The van der Waals surface area contributed by atoms with Crippen LogP contribution in [0.5, 0.6) is 17.2 Å². The van der Waals surface area contributed by atoms with E-state index in [1.54, 1.807) is 14.2 Å². The van der Waals surface area contributed by atoms with Gasteiger partial charge < -0.3 is 19.1 Å². The summed E-state index contributed by atoms with van der Waals surface area (Å²) in [7, 11) is 3.29. The number of aryl methyl sites for hydroxylation is 1. The molecule has 5 nitrogen and oxygen atoms in total. The molecule has 1 aliphatic rings. The number of amides is 1. The van der Waals surface area contributed by atoms with Crippen molar-refractivity contribution in [1.82, 2.24) is 4.90 Å². The highest BCUT2D eigenvalue weighted by atomic mass is 32.1. The summed E-state index contributed by atoms with van der Waals surface area (Å²) in [6, 6.07) is 15.7. The Hall–Kier alpha value is -2.99. The first-order valence-electron chi connectivity index (χ1n) is 9.43. The van der Waals surface area contributed by atoms with E-state index in [1.165, 1.54) is 11.3 Å². The van der Waals surface area contributed by atoms with Gasteiger partial charge in [0.05, 0.1) is 25.6 Å². The van der Waals surface area contributed by atoms with Crippen molar-refractivity contribution in [1.29, 1.82) is 0 Å². The normalized spacial score (nSPS) is 13.3. The number of thiophene rings is 1. The Morgan fingerprint density at radius 3 is 2.59 bits per heavy atom. The van der Waals surface area contributed by atoms with Crippen LogP contribution in [0.25, 0.3) is 11.1 Å². The Labute approximate surface area is 174 Å². The lowest BCUT2D eigenvalue weighted by Crippen LogP contribution is -2.31. The number of nitrogens with zero attached hydrogens (tertiary/aromatic N) is 1. The standard InChI is InChI=1S/C23H23NO4S/c1-15-8-9-21(29-15)23(25)24-10-11-28-22-17(14-24)12-16(13-20(22)27-3)18-6-4-5-7-19(18)26-2/h4-9,12-13H,10-11,14H2,1-3H3. The number of para-hydroxylation sites is 1. The maximum absolute atomic E-state index is 13.0. The maximum atomic E-state index is 13.0. The third kappa shape index (κ3) is 3.80. The fourth-order valence-electron chi connectivity index (χ4n) is 3.55. The Kier molecular flexibility index (Phi) is 5.45. The van der Waals surface area contributed by atoms with Crippen molar-refractivity contribution in [2.24, 2.45) is 0 Å². The monoisotopic (exact) mass is 409 g/mol. The van der Waals surface area contributed by atoms with Gasteiger partial charge in [0, 0.05) is 22.5 Å². The number of hydrogen-bond acceptors (Lipinski definition) is 5. The van der Waals surface area contributed by atoms with E-state index in [-0.39, 0.29) is 5.91 Å². The lowest BCUT2D eigenvalue weighted by Gasteiger charge is -2.20. The fraction of sp³-hybridized carbons (Fsp3) is 0.261. The number of carbonyl (C=O) groups is 1. The van der Waals surface area contributed by atoms with E-state index in [4.69, 9.17) is 14.2 Å². The van der Waals surface area contributed by atoms with Crippen LogP contribution in [-0.2, 0) is 6.54 Å². The van der Waals surface area contributed by atoms with E-state index in [0.29, 0.717) is 31.2 Å². The van der Waals surface area contributed by atoms with Gasteiger partial charge in [-0.05, 0) is 42.8 Å². The quantitative estimate of drug-likeness (QED) is 0.622. The van der Waals surface area contributed by atoms with Crippen LogP contribution in [-0.4, -0.2) is 38.2 Å². The van der Waals surface area contributed by atoms with Crippen molar-refractivity contribution in [3.05, 3.63) is 63.8 Å². The molecule has 0 aliphatic carbocycles. The molecule has 0 radical (unpaired) electrons. The van der Waals surface area contributed by atoms with Gasteiger partial charge in [0.1, 0.15) is 12.4 Å². The average molecular weight is 410 g/mol. The molecule has 1 amide bonds. The van der Waals surface area contributed by atoms with Crippen LogP contribution >= 0.6 is 11.3 Å². The van der Waals surface area contributed by atoms with E-state index in [0.717, 1.165) is 32.2 Å². The molecule has 0 spiro atoms. The average Bonchev–Trinajstić information content (AvgIpc) is 3.06. The number of hydrogen-bond donors (Lipinski definition) is 0. The molecule has 1 aromatic heterocycles. The van der Waals surface area contributed by atoms with Crippen LogP contribution in [0.4, 0.5) is 0 Å². The van der Waals surface area contributed by atoms with Gasteiger partial charge in [-0.25, -0.2) is 0 Å². The molecule has 3 aromatic rings. The van der Waals surface area contributed by atoms with Gasteiger partial charge in [0.2, 0.25) is 0 Å². The summed E-state index contributed by atoms with van der Waals surface area (Å²) in [5, 5.41) is 0. The molecule has 0 bridgehead atoms. The van der Waals surface area contributed by atoms with Gasteiger partial charge in [-0.2, -0.15) is 0 Å². The minimum atomic E-state index is 0.0289. The minimum absolute atomic E-state index is 0.0289. The van der Waals surface area contributed by atoms with Crippen LogP contribution in [0.2, 0.25) is 0 Å². The SMILES string of the molecule is COc1ccccc1-c1cc2c(c(OC)c1)OCCN(C(=O)c1ccc(C)s1)C2. The number of fused-ring (bicyclic) bond motifs is 1. The summed E-state index contributed by atoms with van der Waals surface area (Å²) in [6.07, 6.45) is 0. The number of rotatable bonds is 4. The molecule has 0 saturated carbocycles. The van der Waals surface area contributed by atoms with Crippen molar-refractivity contribution in [2.45, 2.75) is 13.5 Å². The van der Waals surface area contributed by atoms with Crippen molar-refractivity contribution in [2.75, 3.05) is 27.4 Å². The fourth-order valence-corrected chi connectivity index (χ4v) is 4.39. The molecule has 1 aliphatic heterocycles. The molecule has 0 N–H and O–H groups in total. The Morgan fingerprint density at radius 1 is 1.07 bits per heavy atom. The number of ether oxygens (including phenoxy) is 3. The predicted molar refractivity (Wildman–Crippen MR) is 114 cm³/mol. The van der Waals surface area contributed by atoms with Crippen LogP contribution in [0.1, 0.15) is 20.1 Å². The Balaban J connectivity index is 1.74. The highest BCUT2D eigenvalue weighted by Gasteiger charge is 2.25. The molecule has 0 unspecified atom stereocenters. The smallest absolute Gasteiger partial charge is 0.264 e. The number of methoxy groups -OCH3 is 2. The van der Waals surface area contributed by atoms with Crippen molar-refractivity contribution < 1.29 is 19.0 Å². The van der Waals surface area contributed by atoms with E-state index < -0.39 is 0 Å². The summed E-state index contributed by atoms with van der Waals surface area (Å²) in [6.45, 7) is 3.42. The first-order valence-corrected chi connectivity index (χ1v) is 10.2. The minimum Gasteiger partial charge on any atom is -0.496 e. The van der Waals surface area contributed by atoms with Crippen LogP contribution < -0.4 is 14.2 Å². The maximum Gasteiger partial charge on any atom is 0.264 e. The summed E-state index contributed by atoms with van der Waals surface area (Å²) in [5.74, 6) is 2.17. The molecule has 2 aromatic carbocycles. The van der Waals surface area contributed by atoms with Crippen molar-refractivity contribution >= 4 is 17.2 Å². The largest absolute Gasteiger partial charge is 0.496 e. The molecule has 2 heterocycles. The van der Waals surface area contributed by atoms with Crippen LogP contribution in [0, 0.1) is 6.92 Å². The van der Waals surface area contributed by atoms with Crippen molar-refractivity contribution in [3.8, 4) is 28.4 Å². The topological polar surface area (TPSA) is 48.0 Å². The summed E-state index contributed by atoms with van der Waals surface area (Å²) in [4.78, 5) is 16.7. The zero-order chi connectivity index (χ0) is 20.4. The van der Waals surface area contributed by atoms with Gasteiger partial charge in [-0.3, -0.25) is 4.79 Å². The zero-order valence-corrected chi connectivity index (χ0v) is 17.5. The molecular weight excluding hydrogens is 386 g/mol. The molecule has 0 saturated heterocycles. The molecule has 150 valence electrons. The van der Waals surface area contributed by atoms with E-state index in [9.17, 15) is 4.79 Å². The summed E-state index contributed by atoms with van der Waals surface area (Å²) in [5.41, 5.74) is 2.85. The summed E-state index contributed by atoms with van der Waals surface area (Å²) < 4.78 is 17.1. The lowest BCUT2D eigenvalue weighted by molar-refractivity contribution is 0.0738. The summed E-state index contributed by atoms with van der Waals surface area (Å²) >= 11 is 1.52. The van der Waals surface area contributed by atoms with Gasteiger partial charge in [0.25, 0.3) is 5.91 Å². The van der Waals surface area contributed by atoms with E-state index >= 15 is 0 Å². The molecule has 0 fully saturated rings. The van der Waals surface area contributed by atoms with E-state index in [2.05, 4.69) is 6.07 Å². The predicted octanol–water partition coefficient (Wildman–Crippen LogP) is 4.78. The van der Waals surface area contributed by atoms with Gasteiger partial charge in [-0.15, -0.1) is 11.3 Å². The van der Waals surface area contributed by atoms with Gasteiger partial charge >= 0.3 is 0 Å². The first kappa shape index (κ1) is 19.3. The van der Waals surface area contributed by atoms with Gasteiger partial charge in [0.15, 0.2) is 11.5 Å². The molecular formula is C23H23NO4S. The second kappa shape index (κ2) is 8.17. The number of carbonyl (C=O) groups excluding carboxylic acids is 1. The Bertz CT molecular complexity index is 1040.